The highest BCUT2D eigenvalue weighted by molar-refractivity contribution is 7.92. The summed E-state index contributed by atoms with van der Waals surface area (Å²) in [6.45, 7) is 3.23. The Morgan fingerprint density at radius 2 is 1.56 bits per heavy atom. The molecular formula is C28H25ClN2O4S. The SMILES string of the molecule is Cc1ccc(S(=O)(=O)N(CC(=O)Nc2cc(Cl)ccc2Oc2ccccc2)c2ccccc2C)cc1. The lowest BCUT2D eigenvalue weighted by atomic mass is 10.2. The van der Waals surface area contributed by atoms with Crippen LogP contribution in [0.15, 0.2) is 102 Å². The van der Waals surface area contributed by atoms with Gasteiger partial charge in [0.1, 0.15) is 12.3 Å². The fraction of sp³-hybridized carbons (Fsp3) is 0.107. The van der Waals surface area contributed by atoms with Crippen molar-refractivity contribution >= 4 is 38.9 Å². The summed E-state index contributed by atoms with van der Waals surface area (Å²) >= 11 is 6.18. The first kappa shape index (κ1) is 25.3. The van der Waals surface area contributed by atoms with Gasteiger partial charge in [-0.3, -0.25) is 9.10 Å². The molecule has 0 aromatic heterocycles. The number of hydrogen-bond acceptors (Lipinski definition) is 4. The molecule has 6 nitrogen and oxygen atoms in total. The van der Waals surface area contributed by atoms with Crippen molar-refractivity contribution in [2.24, 2.45) is 0 Å². The van der Waals surface area contributed by atoms with E-state index in [0.29, 0.717) is 27.9 Å². The predicted octanol–water partition coefficient (Wildman–Crippen LogP) is 6.58. The van der Waals surface area contributed by atoms with Crippen molar-refractivity contribution < 1.29 is 17.9 Å². The molecule has 1 amide bonds. The quantitative estimate of drug-likeness (QED) is 0.284. The summed E-state index contributed by atoms with van der Waals surface area (Å²) in [6, 6.07) is 27.5. The third-order valence-electron chi connectivity index (χ3n) is 5.47. The molecule has 0 spiro atoms. The number of anilines is 2. The molecule has 1 N–H and O–H groups in total. The van der Waals surface area contributed by atoms with Gasteiger partial charge in [-0.05, 0) is 67.9 Å². The minimum atomic E-state index is -4.03. The van der Waals surface area contributed by atoms with Gasteiger partial charge < -0.3 is 10.1 Å². The van der Waals surface area contributed by atoms with Crippen LogP contribution >= 0.6 is 11.6 Å². The Kier molecular flexibility index (Phi) is 7.62. The molecule has 8 heteroatoms. The average molecular weight is 521 g/mol. The first-order valence-corrected chi connectivity index (χ1v) is 13.0. The maximum Gasteiger partial charge on any atom is 0.264 e. The van der Waals surface area contributed by atoms with Crippen molar-refractivity contribution in [3.05, 3.63) is 113 Å². The molecule has 4 aromatic rings. The van der Waals surface area contributed by atoms with E-state index in [0.717, 1.165) is 15.4 Å². The third-order valence-corrected chi connectivity index (χ3v) is 7.48. The largest absolute Gasteiger partial charge is 0.455 e. The molecule has 0 fully saturated rings. The summed E-state index contributed by atoms with van der Waals surface area (Å²) in [7, 11) is -4.03. The second-order valence-electron chi connectivity index (χ2n) is 8.21. The monoisotopic (exact) mass is 520 g/mol. The van der Waals surface area contributed by atoms with Gasteiger partial charge in [0.25, 0.3) is 10.0 Å². The number of amides is 1. The van der Waals surface area contributed by atoms with E-state index in [1.807, 2.05) is 31.2 Å². The molecule has 0 saturated heterocycles. The van der Waals surface area contributed by atoms with Gasteiger partial charge in [-0.1, -0.05) is 65.7 Å². The smallest absolute Gasteiger partial charge is 0.264 e. The van der Waals surface area contributed by atoms with Crippen molar-refractivity contribution in [1.82, 2.24) is 0 Å². The van der Waals surface area contributed by atoms with Crippen LogP contribution in [-0.2, 0) is 14.8 Å². The molecule has 0 aliphatic heterocycles. The predicted molar refractivity (Wildman–Crippen MR) is 143 cm³/mol. The Labute approximate surface area is 216 Å². The van der Waals surface area contributed by atoms with Crippen molar-refractivity contribution in [2.75, 3.05) is 16.2 Å². The summed E-state index contributed by atoms with van der Waals surface area (Å²) < 4.78 is 34.3. The van der Waals surface area contributed by atoms with Crippen molar-refractivity contribution in [3.8, 4) is 11.5 Å². The van der Waals surface area contributed by atoms with Crippen molar-refractivity contribution in [2.45, 2.75) is 18.7 Å². The van der Waals surface area contributed by atoms with E-state index in [1.54, 1.807) is 67.6 Å². The zero-order valence-electron chi connectivity index (χ0n) is 19.8. The van der Waals surface area contributed by atoms with Crippen molar-refractivity contribution in [3.63, 3.8) is 0 Å². The van der Waals surface area contributed by atoms with E-state index >= 15 is 0 Å². The standard InChI is InChI=1S/C28H25ClN2O4S/c1-20-12-15-24(16-13-20)36(33,34)31(26-11-7-6-8-21(26)2)19-28(32)30-25-18-22(29)14-17-27(25)35-23-9-4-3-5-10-23/h3-18H,19H2,1-2H3,(H,30,32). The second kappa shape index (κ2) is 10.8. The second-order valence-corrected chi connectivity index (χ2v) is 10.5. The topological polar surface area (TPSA) is 75.7 Å². The van der Waals surface area contributed by atoms with Crippen LogP contribution < -0.4 is 14.4 Å². The lowest BCUT2D eigenvalue weighted by Gasteiger charge is -2.26. The summed E-state index contributed by atoms with van der Waals surface area (Å²) in [5.41, 5.74) is 2.40. The molecule has 0 aliphatic rings. The number of nitrogens with one attached hydrogen (secondary N) is 1. The van der Waals surface area contributed by atoms with Crippen LogP contribution in [0.2, 0.25) is 5.02 Å². The minimum Gasteiger partial charge on any atom is -0.455 e. The van der Waals surface area contributed by atoms with E-state index < -0.39 is 22.5 Å². The first-order valence-electron chi connectivity index (χ1n) is 11.2. The molecule has 0 aliphatic carbocycles. The Morgan fingerprint density at radius 3 is 2.25 bits per heavy atom. The number of ether oxygens (including phenoxy) is 1. The number of para-hydroxylation sites is 2. The van der Waals surface area contributed by atoms with Crippen LogP contribution in [0.5, 0.6) is 11.5 Å². The Bertz CT molecular complexity index is 1470. The van der Waals surface area contributed by atoms with Gasteiger partial charge in [0.2, 0.25) is 5.91 Å². The van der Waals surface area contributed by atoms with Gasteiger partial charge in [-0.25, -0.2) is 8.42 Å². The number of benzene rings is 4. The number of nitrogens with zero attached hydrogens (tertiary/aromatic N) is 1. The van der Waals surface area contributed by atoms with Gasteiger partial charge >= 0.3 is 0 Å². The first-order chi connectivity index (χ1) is 17.2. The number of aryl methyl sites for hydroxylation is 2. The number of sulfonamides is 1. The molecule has 0 bridgehead atoms. The molecule has 0 unspecified atom stereocenters. The van der Waals surface area contributed by atoms with Crippen LogP contribution in [0.3, 0.4) is 0 Å². The third kappa shape index (κ3) is 5.87. The molecule has 4 aromatic carbocycles. The van der Waals surface area contributed by atoms with Crippen LogP contribution in [-0.4, -0.2) is 20.9 Å². The molecule has 0 atom stereocenters. The molecule has 36 heavy (non-hydrogen) atoms. The lowest BCUT2D eigenvalue weighted by Crippen LogP contribution is -2.38. The Morgan fingerprint density at radius 1 is 0.889 bits per heavy atom. The van der Waals surface area contributed by atoms with Crippen LogP contribution in [0.4, 0.5) is 11.4 Å². The molecule has 0 heterocycles. The molecular weight excluding hydrogens is 496 g/mol. The summed E-state index contributed by atoms with van der Waals surface area (Å²) in [4.78, 5) is 13.3. The summed E-state index contributed by atoms with van der Waals surface area (Å²) in [5.74, 6) is 0.413. The van der Waals surface area contributed by atoms with Gasteiger partial charge in [-0.15, -0.1) is 0 Å². The number of halogens is 1. The molecule has 0 saturated carbocycles. The van der Waals surface area contributed by atoms with Crippen molar-refractivity contribution in [1.29, 1.82) is 0 Å². The highest BCUT2D eigenvalue weighted by Crippen LogP contribution is 2.33. The molecule has 0 radical (unpaired) electrons. The maximum absolute atomic E-state index is 13.6. The maximum atomic E-state index is 13.6. The Balaban J connectivity index is 1.65. The number of hydrogen-bond donors (Lipinski definition) is 1. The lowest BCUT2D eigenvalue weighted by molar-refractivity contribution is -0.114. The average Bonchev–Trinajstić information content (AvgIpc) is 2.86. The summed E-state index contributed by atoms with van der Waals surface area (Å²) in [6.07, 6.45) is 0. The molecule has 184 valence electrons. The van der Waals surface area contributed by atoms with E-state index in [2.05, 4.69) is 5.32 Å². The zero-order chi connectivity index (χ0) is 25.7. The van der Waals surface area contributed by atoms with E-state index in [-0.39, 0.29) is 4.90 Å². The van der Waals surface area contributed by atoms with Crippen LogP contribution in [0.1, 0.15) is 11.1 Å². The minimum absolute atomic E-state index is 0.0972. The van der Waals surface area contributed by atoms with Crippen LogP contribution in [0.25, 0.3) is 0 Å². The van der Waals surface area contributed by atoms with E-state index in [9.17, 15) is 13.2 Å². The van der Waals surface area contributed by atoms with Gasteiger partial charge in [0.05, 0.1) is 16.3 Å². The normalized spacial score (nSPS) is 11.1. The summed E-state index contributed by atoms with van der Waals surface area (Å²) in [5, 5.41) is 3.17. The van der Waals surface area contributed by atoms with E-state index in [4.69, 9.17) is 16.3 Å². The fourth-order valence-corrected chi connectivity index (χ4v) is 5.26. The van der Waals surface area contributed by atoms with Gasteiger partial charge in [-0.2, -0.15) is 0 Å². The van der Waals surface area contributed by atoms with Crippen LogP contribution in [0, 0.1) is 13.8 Å². The number of rotatable bonds is 8. The Hall–Kier alpha value is -3.81. The number of carbonyl (C=O) groups excluding carboxylic acids is 1. The number of carbonyl (C=O) groups is 1. The highest BCUT2D eigenvalue weighted by atomic mass is 35.5. The fourth-order valence-electron chi connectivity index (χ4n) is 3.60. The van der Waals surface area contributed by atoms with Gasteiger partial charge in [0, 0.05) is 5.02 Å². The molecule has 4 rings (SSSR count). The van der Waals surface area contributed by atoms with E-state index in [1.165, 1.54) is 12.1 Å². The highest BCUT2D eigenvalue weighted by Gasteiger charge is 2.28. The zero-order valence-corrected chi connectivity index (χ0v) is 21.4. The van der Waals surface area contributed by atoms with Gasteiger partial charge in [0.15, 0.2) is 5.75 Å².